The summed E-state index contributed by atoms with van der Waals surface area (Å²) >= 11 is 12.6. The van der Waals surface area contributed by atoms with Crippen LogP contribution in [-0.2, 0) is 14.3 Å². The van der Waals surface area contributed by atoms with Gasteiger partial charge in [-0.25, -0.2) is 14.2 Å². The number of carbonyl (C=O) groups is 4. The van der Waals surface area contributed by atoms with Gasteiger partial charge in [0.25, 0.3) is 11.8 Å². The van der Waals surface area contributed by atoms with Crippen molar-refractivity contribution in [3.05, 3.63) is 59.7 Å². The first kappa shape index (κ1) is 43.7. The molecule has 2 rings (SSSR count). The van der Waals surface area contributed by atoms with Crippen LogP contribution in [0.1, 0.15) is 93.4 Å². The minimum absolute atomic E-state index is 0. The van der Waals surface area contributed by atoms with E-state index in [0.29, 0.717) is 16.7 Å². The first-order valence-electron chi connectivity index (χ1n) is 13.7. The summed E-state index contributed by atoms with van der Waals surface area (Å²) in [6.45, 7) is 4.08. The van der Waals surface area contributed by atoms with Gasteiger partial charge in [0.15, 0.2) is 11.6 Å². The van der Waals surface area contributed by atoms with E-state index in [9.17, 15) is 28.0 Å². The molecule has 14 heteroatoms. The van der Waals surface area contributed by atoms with Crippen LogP contribution in [0.15, 0.2) is 36.8 Å². The van der Waals surface area contributed by atoms with E-state index in [1.54, 1.807) is 0 Å². The first-order valence-corrected chi connectivity index (χ1v) is 16.3. The molecule has 0 radical (unpaired) electrons. The number of methoxy groups -OCH3 is 1. The summed E-state index contributed by atoms with van der Waals surface area (Å²) < 4.78 is 32.2. The third-order valence-corrected chi connectivity index (χ3v) is 6.09. The molecule has 44 heavy (non-hydrogen) atoms. The molecule has 0 unspecified atom stereocenters. The van der Waals surface area contributed by atoms with Gasteiger partial charge in [-0.1, -0.05) is 82.4 Å². The number of aromatic nitrogens is 2. The molecule has 2 atom stereocenters. The van der Waals surface area contributed by atoms with Gasteiger partial charge in [0.1, 0.15) is 6.04 Å². The molecule has 0 saturated heterocycles. The smallest absolute Gasteiger partial charge is 0.328 e. The number of rotatable bonds is 15. The van der Waals surface area contributed by atoms with Crippen LogP contribution >= 0.6 is 45.8 Å². The molecule has 0 aliphatic heterocycles. The zero-order chi connectivity index (χ0) is 32.6. The van der Waals surface area contributed by atoms with Crippen molar-refractivity contribution in [2.45, 2.75) is 84.7 Å². The maximum absolute atomic E-state index is 13.4. The van der Waals surface area contributed by atoms with E-state index in [-0.39, 0.29) is 30.2 Å². The third-order valence-electron chi connectivity index (χ3n) is 5.83. The number of esters is 1. The van der Waals surface area contributed by atoms with E-state index >= 15 is 0 Å². The molecule has 2 N–H and O–H groups in total. The van der Waals surface area contributed by atoms with E-state index in [2.05, 4.69) is 47.9 Å². The summed E-state index contributed by atoms with van der Waals surface area (Å²) in [5.74, 6) is -3.82. The van der Waals surface area contributed by atoms with Gasteiger partial charge in [0.2, 0.25) is 5.95 Å². The zero-order valence-corrected chi connectivity index (χ0v) is 28.2. The Hall–Kier alpha value is -2.45. The molecule has 0 aromatic carbocycles. The summed E-state index contributed by atoms with van der Waals surface area (Å²) in [5.41, 5.74) is -0.306. The van der Waals surface area contributed by atoms with E-state index in [1.165, 1.54) is 37.7 Å². The summed E-state index contributed by atoms with van der Waals surface area (Å²) in [6.07, 6.45) is 10.0. The minimum Gasteiger partial charge on any atom is -0.467 e. The Morgan fingerprint density at radius 2 is 1.45 bits per heavy atom. The number of amides is 2. The fraction of sp³-hybridized carbons (Fsp3) is 0.533. The SMILES string of the molecule is C.CCCCC[C@H](NC(=O)c1cccnc1F)C(=O)CCl.CCCCC[C@H](NC(=O)c1ccncc1F)C(=O)OC.ClCI. The van der Waals surface area contributed by atoms with Crippen LogP contribution < -0.4 is 10.6 Å². The normalized spacial score (nSPS) is 11.2. The topological polar surface area (TPSA) is 127 Å². The number of ketones is 1. The van der Waals surface area contributed by atoms with Gasteiger partial charge in [-0.05, 0) is 31.0 Å². The highest BCUT2D eigenvalue weighted by molar-refractivity contribution is 14.1. The second-order valence-electron chi connectivity index (χ2n) is 8.97. The van der Waals surface area contributed by atoms with Gasteiger partial charge in [-0.3, -0.25) is 19.4 Å². The van der Waals surface area contributed by atoms with Crippen molar-refractivity contribution in [1.82, 2.24) is 20.6 Å². The molecular weight excluding hydrogens is 732 g/mol. The monoisotopic (exact) mass is 774 g/mol. The Morgan fingerprint density at radius 1 is 0.909 bits per heavy atom. The molecule has 0 saturated carbocycles. The van der Waals surface area contributed by atoms with Gasteiger partial charge in [-0.15, -0.1) is 23.2 Å². The highest BCUT2D eigenvalue weighted by Gasteiger charge is 2.23. The molecule has 248 valence electrons. The predicted octanol–water partition coefficient (Wildman–Crippen LogP) is 7.03. The summed E-state index contributed by atoms with van der Waals surface area (Å²) in [7, 11) is 1.26. The van der Waals surface area contributed by atoms with Crippen molar-refractivity contribution in [2.75, 3.05) is 16.9 Å². The Bertz CT molecular complexity index is 1050. The van der Waals surface area contributed by atoms with Crippen molar-refractivity contribution in [3.8, 4) is 0 Å². The summed E-state index contributed by atoms with van der Waals surface area (Å²) in [5, 5.41) is 5.03. The molecule has 0 bridgehead atoms. The number of alkyl halides is 3. The highest BCUT2D eigenvalue weighted by atomic mass is 127. The van der Waals surface area contributed by atoms with Gasteiger partial charge < -0.3 is 15.4 Å². The van der Waals surface area contributed by atoms with E-state index < -0.39 is 41.6 Å². The van der Waals surface area contributed by atoms with Crippen molar-refractivity contribution >= 4 is 69.4 Å². The number of ether oxygens (including phenoxy) is 1. The molecule has 0 spiro atoms. The molecule has 2 amide bonds. The van der Waals surface area contributed by atoms with Gasteiger partial charge in [0, 0.05) is 12.4 Å². The quantitative estimate of drug-likeness (QED) is 0.0654. The van der Waals surface area contributed by atoms with E-state index in [1.807, 2.05) is 13.8 Å². The Kier molecular flexibility index (Phi) is 26.7. The lowest BCUT2D eigenvalue weighted by molar-refractivity contribution is -0.143. The molecule has 0 aliphatic carbocycles. The van der Waals surface area contributed by atoms with Crippen LogP contribution in [0.3, 0.4) is 0 Å². The van der Waals surface area contributed by atoms with Crippen molar-refractivity contribution in [2.24, 2.45) is 0 Å². The molecular formula is C30H43Cl2F2IN4O5. The number of halogens is 5. The first-order chi connectivity index (χ1) is 20.6. The number of Topliss-reactive ketones (excluding diaryl/α,β-unsaturated/α-hetero) is 1. The van der Waals surface area contributed by atoms with Crippen LogP contribution in [0.25, 0.3) is 0 Å². The minimum atomic E-state index is -0.851. The van der Waals surface area contributed by atoms with Gasteiger partial charge in [0.05, 0.1) is 40.2 Å². The third kappa shape index (κ3) is 17.7. The predicted molar refractivity (Wildman–Crippen MR) is 178 cm³/mol. The maximum atomic E-state index is 13.4. The summed E-state index contributed by atoms with van der Waals surface area (Å²) in [6, 6.07) is 2.63. The fourth-order valence-corrected chi connectivity index (χ4v) is 3.77. The van der Waals surface area contributed by atoms with Crippen molar-refractivity contribution in [3.63, 3.8) is 0 Å². The number of nitrogens with zero attached hydrogens (tertiary/aromatic N) is 2. The number of carbonyl (C=O) groups excluding carboxylic acids is 4. The van der Waals surface area contributed by atoms with Gasteiger partial charge >= 0.3 is 5.97 Å². The number of pyridine rings is 2. The molecule has 0 aliphatic rings. The Labute approximate surface area is 282 Å². The van der Waals surface area contributed by atoms with Crippen LogP contribution in [0.5, 0.6) is 0 Å². The largest absolute Gasteiger partial charge is 0.467 e. The van der Waals surface area contributed by atoms with Crippen molar-refractivity contribution < 1.29 is 32.7 Å². The molecule has 2 aromatic rings. The average Bonchev–Trinajstić information content (AvgIpc) is 3.00. The van der Waals surface area contributed by atoms with E-state index in [0.717, 1.165) is 44.7 Å². The van der Waals surface area contributed by atoms with Gasteiger partial charge in [-0.2, -0.15) is 4.39 Å². The maximum Gasteiger partial charge on any atom is 0.328 e. The Balaban J connectivity index is 0. The van der Waals surface area contributed by atoms with Crippen LogP contribution in [0, 0.1) is 11.8 Å². The Morgan fingerprint density at radius 3 is 1.95 bits per heavy atom. The van der Waals surface area contributed by atoms with Crippen molar-refractivity contribution in [1.29, 1.82) is 0 Å². The molecule has 9 nitrogen and oxygen atoms in total. The second-order valence-corrected chi connectivity index (χ2v) is 11.2. The molecule has 0 fully saturated rings. The van der Waals surface area contributed by atoms with Crippen LogP contribution in [-0.4, -0.2) is 62.5 Å². The van der Waals surface area contributed by atoms with Crippen LogP contribution in [0.2, 0.25) is 0 Å². The second kappa shape index (κ2) is 26.9. The summed E-state index contributed by atoms with van der Waals surface area (Å²) in [4.78, 5) is 54.2. The highest BCUT2D eigenvalue weighted by Crippen LogP contribution is 2.10. The lowest BCUT2D eigenvalue weighted by atomic mass is 10.0. The molecule has 2 heterocycles. The lowest BCUT2D eigenvalue weighted by Gasteiger charge is -2.16. The van der Waals surface area contributed by atoms with E-state index in [4.69, 9.17) is 23.2 Å². The average molecular weight is 776 g/mol. The van der Waals surface area contributed by atoms with Crippen LogP contribution in [0.4, 0.5) is 8.78 Å². The number of nitrogens with one attached hydrogen (secondary N) is 2. The lowest BCUT2D eigenvalue weighted by Crippen LogP contribution is -2.41. The number of hydrogen-bond acceptors (Lipinski definition) is 7. The number of hydrogen-bond donors (Lipinski definition) is 2. The standard InChI is InChI=1S/C14H18ClFN2O2.C14H19FN2O3.CH2ClI.CH4/c1-2-3-4-7-11(12(19)9-15)18-14(20)10-6-5-8-17-13(10)16;1-3-4-5-6-12(14(19)20-2)17-13(18)10-7-8-16-9-11(10)15;2-1-3;/h5-6,8,11H,2-4,7,9H2,1H3,(H,18,20);7-9,12H,3-6H2,1-2H3,(H,17,18);1H2;1H4/t11-;12-;;/m00../s1. The molecule has 2 aromatic heterocycles. The fourth-order valence-electron chi connectivity index (χ4n) is 3.58. The zero-order valence-electron chi connectivity index (χ0n) is 24.5. The number of unbranched alkanes of at least 4 members (excludes halogenated alkanes) is 4.